The van der Waals surface area contributed by atoms with Crippen LogP contribution >= 0.6 is 0 Å². The van der Waals surface area contributed by atoms with Gasteiger partial charge < -0.3 is 0 Å². The molecule has 0 aromatic rings. The van der Waals surface area contributed by atoms with E-state index in [0.717, 1.165) is 0 Å². The maximum absolute atomic E-state index is 2.30. The number of fused-ring (bicyclic) bond motifs is 1. The summed E-state index contributed by atoms with van der Waals surface area (Å²) in [6, 6.07) is 0. The molecule has 0 amide bonds. The van der Waals surface area contributed by atoms with E-state index in [4.69, 9.17) is 0 Å². The molecule has 0 heterocycles. The summed E-state index contributed by atoms with van der Waals surface area (Å²) in [5, 5.41) is 0. The molecule has 0 fully saturated rings. The first-order chi connectivity index (χ1) is 5.79. The Kier molecular flexibility index (Phi) is 1.76. The minimum Gasteiger partial charge on any atom is -0.0764 e. The fourth-order valence-corrected chi connectivity index (χ4v) is 1.96. The average Bonchev–Trinajstić information content (AvgIpc) is 2.12. The first-order valence-corrected chi connectivity index (χ1v) is 4.49. The van der Waals surface area contributed by atoms with E-state index in [1.807, 2.05) is 0 Å². The van der Waals surface area contributed by atoms with Crippen molar-refractivity contribution in [3.8, 4) is 0 Å². The van der Waals surface area contributed by atoms with Crippen molar-refractivity contribution in [1.82, 2.24) is 0 Å². The number of rotatable bonds is 0. The summed E-state index contributed by atoms with van der Waals surface area (Å²) < 4.78 is 0. The second kappa shape index (κ2) is 2.78. The van der Waals surface area contributed by atoms with Crippen LogP contribution in [0, 0.1) is 11.8 Å². The van der Waals surface area contributed by atoms with Crippen LogP contribution < -0.4 is 0 Å². The van der Waals surface area contributed by atoms with E-state index in [-0.39, 0.29) is 0 Å². The van der Waals surface area contributed by atoms with Crippen LogP contribution in [-0.2, 0) is 0 Å². The van der Waals surface area contributed by atoms with Crippen LogP contribution in [0.3, 0.4) is 0 Å². The van der Waals surface area contributed by atoms with E-state index < -0.39 is 0 Å². The molecule has 2 atom stereocenters. The van der Waals surface area contributed by atoms with Crippen molar-refractivity contribution in [3.63, 3.8) is 0 Å². The molecule has 2 aliphatic carbocycles. The second-order valence-corrected chi connectivity index (χ2v) is 3.64. The van der Waals surface area contributed by atoms with Gasteiger partial charge in [-0.05, 0) is 13.8 Å². The molecule has 0 spiro atoms. The van der Waals surface area contributed by atoms with Gasteiger partial charge >= 0.3 is 0 Å². The predicted octanol–water partition coefficient (Wildman–Crippen LogP) is 3.25. The van der Waals surface area contributed by atoms with Gasteiger partial charge in [0.05, 0.1) is 0 Å². The topological polar surface area (TPSA) is 0 Å². The van der Waals surface area contributed by atoms with Gasteiger partial charge in [0.2, 0.25) is 0 Å². The zero-order chi connectivity index (χ0) is 8.55. The van der Waals surface area contributed by atoms with Crippen LogP contribution in [0.4, 0.5) is 0 Å². The standard InChI is InChI=1S/C12H14/c1-9-7-8-10(2)12-6-4-3-5-11(9)12/h3-8,11-12H,1-2H3. The van der Waals surface area contributed by atoms with Crippen LogP contribution in [0.25, 0.3) is 0 Å². The van der Waals surface area contributed by atoms with E-state index in [1.54, 1.807) is 0 Å². The third-order valence-electron chi connectivity index (χ3n) is 2.80. The molecule has 2 aliphatic rings. The molecule has 0 aromatic heterocycles. The lowest BCUT2D eigenvalue weighted by atomic mass is 9.76. The molecule has 12 heavy (non-hydrogen) atoms. The lowest BCUT2D eigenvalue weighted by Gasteiger charge is -2.28. The van der Waals surface area contributed by atoms with E-state index in [0.29, 0.717) is 11.8 Å². The summed E-state index contributed by atoms with van der Waals surface area (Å²) in [6.45, 7) is 4.42. The first-order valence-electron chi connectivity index (χ1n) is 4.49. The molecule has 0 saturated carbocycles. The van der Waals surface area contributed by atoms with Crippen molar-refractivity contribution in [2.45, 2.75) is 13.8 Å². The molecular formula is C12H14. The minimum absolute atomic E-state index is 0.625. The highest BCUT2D eigenvalue weighted by Crippen LogP contribution is 2.34. The summed E-state index contributed by atoms with van der Waals surface area (Å²) in [7, 11) is 0. The Morgan fingerprint density at radius 3 is 1.67 bits per heavy atom. The number of allylic oxidation sites excluding steroid dienone is 8. The van der Waals surface area contributed by atoms with Gasteiger partial charge in [-0.25, -0.2) is 0 Å². The molecule has 2 rings (SSSR count). The maximum atomic E-state index is 2.30. The normalized spacial score (nSPS) is 32.5. The molecule has 0 aliphatic heterocycles. The monoisotopic (exact) mass is 158 g/mol. The molecule has 0 radical (unpaired) electrons. The van der Waals surface area contributed by atoms with Crippen molar-refractivity contribution in [2.24, 2.45) is 11.8 Å². The molecule has 0 nitrogen and oxygen atoms in total. The predicted molar refractivity (Wildman–Crippen MR) is 52.8 cm³/mol. The van der Waals surface area contributed by atoms with Gasteiger partial charge in [-0.1, -0.05) is 47.6 Å². The Balaban J connectivity index is 2.38. The van der Waals surface area contributed by atoms with Crippen molar-refractivity contribution < 1.29 is 0 Å². The van der Waals surface area contributed by atoms with Crippen LogP contribution in [0.2, 0.25) is 0 Å². The van der Waals surface area contributed by atoms with E-state index in [1.165, 1.54) is 11.1 Å². The van der Waals surface area contributed by atoms with E-state index >= 15 is 0 Å². The molecular weight excluding hydrogens is 144 g/mol. The number of hydrogen-bond donors (Lipinski definition) is 0. The first kappa shape index (κ1) is 7.60. The Morgan fingerprint density at radius 2 is 1.25 bits per heavy atom. The molecule has 0 N–H and O–H groups in total. The molecule has 0 aromatic carbocycles. The molecule has 0 bridgehead atoms. The fourth-order valence-electron chi connectivity index (χ4n) is 1.96. The lowest BCUT2D eigenvalue weighted by molar-refractivity contribution is 0.591. The molecule has 0 heteroatoms. The van der Waals surface area contributed by atoms with Crippen molar-refractivity contribution in [1.29, 1.82) is 0 Å². The van der Waals surface area contributed by atoms with Gasteiger partial charge in [-0.15, -0.1) is 0 Å². The summed E-state index contributed by atoms with van der Waals surface area (Å²) in [5.74, 6) is 1.25. The van der Waals surface area contributed by atoms with Crippen molar-refractivity contribution in [2.75, 3.05) is 0 Å². The van der Waals surface area contributed by atoms with E-state index in [2.05, 4.69) is 50.3 Å². The zero-order valence-corrected chi connectivity index (χ0v) is 7.62. The van der Waals surface area contributed by atoms with Gasteiger partial charge in [0.1, 0.15) is 0 Å². The van der Waals surface area contributed by atoms with Crippen LogP contribution in [0.1, 0.15) is 13.8 Å². The molecule has 0 saturated heterocycles. The number of hydrogen-bond acceptors (Lipinski definition) is 0. The van der Waals surface area contributed by atoms with Gasteiger partial charge in [0.25, 0.3) is 0 Å². The summed E-state index contributed by atoms with van der Waals surface area (Å²) in [4.78, 5) is 0. The van der Waals surface area contributed by atoms with Gasteiger partial charge in [-0.2, -0.15) is 0 Å². The van der Waals surface area contributed by atoms with Crippen LogP contribution in [0.5, 0.6) is 0 Å². The summed E-state index contributed by atoms with van der Waals surface area (Å²) >= 11 is 0. The van der Waals surface area contributed by atoms with E-state index in [9.17, 15) is 0 Å². The highest BCUT2D eigenvalue weighted by atomic mass is 14.3. The quantitative estimate of drug-likeness (QED) is 0.507. The Hall–Kier alpha value is -1.04. The summed E-state index contributed by atoms with van der Waals surface area (Å²) in [5.41, 5.74) is 2.96. The van der Waals surface area contributed by atoms with Gasteiger partial charge in [-0.3, -0.25) is 0 Å². The third-order valence-corrected chi connectivity index (χ3v) is 2.80. The highest BCUT2D eigenvalue weighted by molar-refractivity contribution is 5.36. The van der Waals surface area contributed by atoms with Crippen molar-refractivity contribution in [3.05, 3.63) is 47.6 Å². The molecule has 2 unspecified atom stereocenters. The Labute approximate surface area is 74.0 Å². The average molecular weight is 158 g/mol. The minimum atomic E-state index is 0.625. The van der Waals surface area contributed by atoms with Gasteiger partial charge in [0.15, 0.2) is 0 Å². The highest BCUT2D eigenvalue weighted by Gasteiger charge is 2.23. The van der Waals surface area contributed by atoms with Crippen LogP contribution in [0.15, 0.2) is 47.6 Å². The SMILES string of the molecule is CC1=CC=C(C)C2C=CC=CC12. The van der Waals surface area contributed by atoms with Crippen molar-refractivity contribution >= 4 is 0 Å². The maximum Gasteiger partial charge on any atom is 0.00806 e. The van der Waals surface area contributed by atoms with Crippen LogP contribution in [-0.4, -0.2) is 0 Å². The third kappa shape index (κ3) is 1.08. The van der Waals surface area contributed by atoms with Gasteiger partial charge in [0, 0.05) is 11.8 Å². The largest absolute Gasteiger partial charge is 0.0764 e. The summed E-state index contributed by atoms with van der Waals surface area (Å²) in [6.07, 6.45) is 13.4. The lowest BCUT2D eigenvalue weighted by Crippen LogP contribution is -2.17. The smallest absolute Gasteiger partial charge is 0.00806 e. The molecule has 62 valence electrons. The fraction of sp³-hybridized carbons (Fsp3) is 0.333. The Morgan fingerprint density at radius 1 is 0.833 bits per heavy atom. The zero-order valence-electron chi connectivity index (χ0n) is 7.62. The second-order valence-electron chi connectivity index (χ2n) is 3.64. The Bertz CT molecular complexity index is 268.